The van der Waals surface area contributed by atoms with Crippen molar-refractivity contribution in [2.45, 2.75) is 20.3 Å². The molecular formula is C23H21FN2O3S. The van der Waals surface area contributed by atoms with Crippen molar-refractivity contribution in [2.75, 3.05) is 11.9 Å². The summed E-state index contributed by atoms with van der Waals surface area (Å²) < 4.78 is 17.9. The quantitative estimate of drug-likeness (QED) is 0.428. The van der Waals surface area contributed by atoms with Gasteiger partial charge in [0.15, 0.2) is 0 Å². The summed E-state index contributed by atoms with van der Waals surface area (Å²) in [6.45, 7) is 3.87. The van der Waals surface area contributed by atoms with E-state index < -0.39 is 5.97 Å². The van der Waals surface area contributed by atoms with Gasteiger partial charge >= 0.3 is 5.97 Å². The number of benzene rings is 2. The molecule has 3 aromatic rings. The van der Waals surface area contributed by atoms with Crippen molar-refractivity contribution >= 4 is 35.0 Å². The number of carbonyl (C=O) groups is 2. The van der Waals surface area contributed by atoms with Gasteiger partial charge in [0.25, 0.3) is 5.91 Å². The van der Waals surface area contributed by atoms with Crippen LogP contribution in [-0.4, -0.2) is 23.5 Å². The Kier molecular flexibility index (Phi) is 7.08. The number of amides is 1. The predicted molar refractivity (Wildman–Crippen MR) is 116 cm³/mol. The number of aromatic nitrogens is 1. The topological polar surface area (TPSA) is 68.3 Å². The maximum absolute atomic E-state index is 13.1. The van der Waals surface area contributed by atoms with Crippen LogP contribution in [0.4, 0.5) is 10.1 Å². The lowest BCUT2D eigenvalue weighted by molar-refractivity contribution is -0.137. The van der Waals surface area contributed by atoms with Crippen LogP contribution in [0.3, 0.4) is 0 Å². The summed E-state index contributed by atoms with van der Waals surface area (Å²) in [6.07, 6.45) is 3.56. The molecular weight excluding hydrogens is 403 g/mol. The van der Waals surface area contributed by atoms with Gasteiger partial charge in [-0.15, -0.1) is 11.3 Å². The molecule has 1 amide bonds. The fraction of sp³-hybridized carbons (Fsp3) is 0.174. The molecule has 1 aromatic heterocycles. The van der Waals surface area contributed by atoms with Crippen LogP contribution in [0.1, 0.15) is 38.4 Å². The van der Waals surface area contributed by atoms with Gasteiger partial charge in [0.2, 0.25) is 0 Å². The number of hydrogen-bond acceptors (Lipinski definition) is 5. The summed E-state index contributed by atoms with van der Waals surface area (Å²) >= 11 is 1.33. The number of halogens is 1. The Labute approximate surface area is 178 Å². The van der Waals surface area contributed by atoms with Crippen LogP contribution < -0.4 is 5.32 Å². The molecule has 0 saturated heterocycles. The molecule has 1 N–H and O–H groups in total. The number of thiazole rings is 1. The summed E-state index contributed by atoms with van der Waals surface area (Å²) in [7, 11) is 0. The van der Waals surface area contributed by atoms with E-state index in [1.165, 1.54) is 29.5 Å². The minimum absolute atomic E-state index is 0.231. The molecule has 0 radical (unpaired) electrons. The van der Waals surface area contributed by atoms with Gasteiger partial charge < -0.3 is 10.1 Å². The number of ether oxygens (including phenoxy) is 1. The number of hydrogen-bond donors (Lipinski definition) is 1. The molecule has 0 aliphatic carbocycles. The first-order valence-electron chi connectivity index (χ1n) is 9.41. The van der Waals surface area contributed by atoms with Crippen molar-refractivity contribution in [1.82, 2.24) is 4.98 Å². The number of rotatable bonds is 7. The Hall–Kier alpha value is -3.32. The second-order valence-electron chi connectivity index (χ2n) is 6.49. The highest BCUT2D eigenvalue weighted by molar-refractivity contribution is 7.14. The van der Waals surface area contributed by atoms with Crippen LogP contribution >= 0.6 is 11.3 Å². The maximum atomic E-state index is 13.1. The summed E-state index contributed by atoms with van der Waals surface area (Å²) in [4.78, 5) is 29.0. The third-order valence-corrected chi connectivity index (χ3v) is 5.34. The van der Waals surface area contributed by atoms with E-state index in [1.54, 1.807) is 56.3 Å². The first-order chi connectivity index (χ1) is 14.4. The SMILES string of the molecule is CCOC(=O)/C=C/c1ccc(NC(=O)c2sc(Cc3ccc(F)cc3)nc2C)cc1. The fourth-order valence-corrected chi connectivity index (χ4v) is 3.73. The van der Waals surface area contributed by atoms with E-state index in [0.29, 0.717) is 29.3 Å². The summed E-state index contributed by atoms with van der Waals surface area (Å²) in [6, 6.07) is 13.4. The maximum Gasteiger partial charge on any atom is 0.330 e. The van der Waals surface area contributed by atoms with Crippen LogP contribution in [0, 0.1) is 12.7 Å². The molecule has 2 aromatic carbocycles. The summed E-state index contributed by atoms with van der Waals surface area (Å²) in [5.74, 6) is -0.909. The molecule has 0 saturated carbocycles. The van der Waals surface area contributed by atoms with Gasteiger partial charge in [0.05, 0.1) is 17.3 Å². The predicted octanol–water partition coefficient (Wildman–Crippen LogP) is 5.01. The number of nitrogens with zero attached hydrogens (tertiary/aromatic N) is 1. The number of nitrogens with one attached hydrogen (secondary N) is 1. The van der Waals surface area contributed by atoms with E-state index in [1.807, 2.05) is 0 Å². The number of anilines is 1. The Bertz CT molecular complexity index is 1060. The molecule has 7 heteroatoms. The highest BCUT2D eigenvalue weighted by atomic mass is 32.1. The Morgan fingerprint density at radius 1 is 1.13 bits per heavy atom. The number of esters is 1. The van der Waals surface area contributed by atoms with Gasteiger partial charge in [0, 0.05) is 18.2 Å². The van der Waals surface area contributed by atoms with Crippen LogP contribution in [0.2, 0.25) is 0 Å². The molecule has 0 bridgehead atoms. The van der Waals surface area contributed by atoms with Crippen molar-refractivity contribution in [3.8, 4) is 0 Å². The van der Waals surface area contributed by atoms with Gasteiger partial charge in [-0.1, -0.05) is 24.3 Å². The lowest BCUT2D eigenvalue weighted by Crippen LogP contribution is -2.11. The normalized spacial score (nSPS) is 10.9. The summed E-state index contributed by atoms with van der Waals surface area (Å²) in [5, 5.41) is 3.66. The Morgan fingerprint density at radius 3 is 2.50 bits per heavy atom. The minimum Gasteiger partial charge on any atom is -0.463 e. The van der Waals surface area contributed by atoms with E-state index in [2.05, 4.69) is 10.3 Å². The first-order valence-corrected chi connectivity index (χ1v) is 10.2. The first kappa shape index (κ1) is 21.4. The lowest BCUT2D eigenvalue weighted by Gasteiger charge is -2.04. The average Bonchev–Trinajstić information content (AvgIpc) is 3.09. The highest BCUT2D eigenvalue weighted by Crippen LogP contribution is 2.22. The van der Waals surface area contributed by atoms with E-state index in [-0.39, 0.29) is 11.7 Å². The van der Waals surface area contributed by atoms with Crippen molar-refractivity contribution < 1.29 is 18.7 Å². The molecule has 0 spiro atoms. The molecule has 30 heavy (non-hydrogen) atoms. The van der Waals surface area contributed by atoms with Crippen LogP contribution in [0.5, 0.6) is 0 Å². The average molecular weight is 424 g/mol. The molecule has 0 fully saturated rings. The summed E-state index contributed by atoms with van der Waals surface area (Å²) in [5.41, 5.74) is 3.05. The zero-order valence-corrected chi connectivity index (χ0v) is 17.5. The van der Waals surface area contributed by atoms with Crippen LogP contribution in [0.15, 0.2) is 54.6 Å². The van der Waals surface area contributed by atoms with Crippen molar-refractivity contribution in [1.29, 1.82) is 0 Å². The molecule has 3 rings (SSSR count). The fourth-order valence-electron chi connectivity index (χ4n) is 2.74. The second kappa shape index (κ2) is 9.93. The molecule has 0 atom stereocenters. The third kappa shape index (κ3) is 5.84. The van der Waals surface area contributed by atoms with Gasteiger partial charge in [-0.05, 0) is 55.3 Å². The standard InChI is InChI=1S/C23H21FN2O3S/c1-3-29-21(27)13-8-16-6-11-19(12-7-16)26-23(28)22-15(2)25-20(30-22)14-17-4-9-18(24)10-5-17/h4-13H,3,14H2,1-2H3,(H,26,28)/b13-8+. The van der Waals surface area contributed by atoms with Crippen molar-refractivity contribution in [3.63, 3.8) is 0 Å². The monoisotopic (exact) mass is 424 g/mol. The van der Waals surface area contributed by atoms with Crippen molar-refractivity contribution in [2.24, 2.45) is 0 Å². The number of carbonyl (C=O) groups excluding carboxylic acids is 2. The molecule has 1 heterocycles. The van der Waals surface area contributed by atoms with Gasteiger partial charge in [-0.3, -0.25) is 4.79 Å². The molecule has 0 unspecified atom stereocenters. The largest absolute Gasteiger partial charge is 0.463 e. The van der Waals surface area contributed by atoms with Crippen LogP contribution in [-0.2, 0) is 16.0 Å². The van der Waals surface area contributed by atoms with Gasteiger partial charge in [-0.2, -0.15) is 0 Å². The van der Waals surface area contributed by atoms with Gasteiger partial charge in [-0.25, -0.2) is 14.2 Å². The smallest absolute Gasteiger partial charge is 0.330 e. The molecule has 0 aliphatic heterocycles. The van der Waals surface area contributed by atoms with Gasteiger partial charge in [0.1, 0.15) is 10.7 Å². The Morgan fingerprint density at radius 2 is 1.83 bits per heavy atom. The van der Waals surface area contributed by atoms with Crippen molar-refractivity contribution in [3.05, 3.63) is 87.1 Å². The second-order valence-corrected chi connectivity index (χ2v) is 7.57. The zero-order valence-electron chi connectivity index (χ0n) is 16.6. The molecule has 154 valence electrons. The molecule has 5 nitrogen and oxygen atoms in total. The zero-order chi connectivity index (χ0) is 21.5. The number of aryl methyl sites for hydroxylation is 1. The van der Waals surface area contributed by atoms with E-state index >= 15 is 0 Å². The molecule has 0 aliphatic rings. The van der Waals surface area contributed by atoms with E-state index in [4.69, 9.17) is 4.74 Å². The Balaban J connectivity index is 1.63. The lowest BCUT2D eigenvalue weighted by atomic mass is 10.1. The van der Waals surface area contributed by atoms with E-state index in [0.717, 1.165) is 16.1 Å². The van der Waals surface area contributed by atoms with Crippen LogP contribution in [0.25, 0.3) is 6.08 Å². The highest BCUT2D eigenvalue weighted by Gasteiger charge is 2.16. The van der Waals surface area contributed by atoms with E-state index in [9.17, 15) is 14.0 Å². The third-order valence-electron chi connectivity index (χ3n) is 4.18. The minimum atomic E-state index is -0.396.